The minimum atomic E-state index is 0. The Balaban J connectivity index is 0.00000220. The lowest BCUT2D eigenvalue weighted by atomic mass is 10.3. The molecule has 1 N–H and O–H groups in total. The average molecular weight is 324 g/mol. The Kier molecular flexibility index (Phi) is 8.99. The Morgan fingerprint density at radius 1 is 0.952 bits per heavy atom. The zero-order valence-corrected chi connectivity index (χ0v) is 13.9. The van der Waals surface area contributed by atoms with Crippen LogP contribution in [0.25, 0.3) is 0 Å². The molecule has 0 heterocycles. The van der Waals surface area contributed by atoms with Crippen molar-refractivity contribution in [1.82, 2.24) is 5.32 Å². The number of para-hydroxylation sites is 1. The van der Waals surface area contributed by atoms with Crippen LogP contribution in [-0.2, 0) is 0 Å². The second kappa shape index (κ2) is 10.6. The predicted octanol–water partition coefficient (Wildman–Crippen LogP) is 4.64. The lowest BCUT2D eigenvalue weighted by Gasteiger charge is -2.11. The second-order valence-electron chi connectivity index (χ2n) is 4.52. The summed E-state index contributed by atoms with van der Waals surface area (Å²) in [7, 11) is 1.98. The maximum Gasteiger partial charge on any atom is 0.133 e. The van der Waals surface area contributed by atoms with Crippen molar-refractivity contribution in [2.75, 3.05) is 20.2 Å². The van der Waals surface area contributed by atoms with Crippen LogP contribution in [0.3, 0.4) is 0 Å². The number of unbranched alkanes of at least 4 members (excludes halogenated alkanes) is 1. The lowest BCUT2D eigenvalue weighted by molar-refractivity contribution is 0.300. The predicted molar refractivity (Wildman–Crippen MR) is 92.9 cm³/mol. The molecule has 0 atom stereocenters. The van der Waals surface area contributed by atoms with E-state index in [0.29, 0.717) is 0 Å². The van der Waals surface area contributed by atoms with Gasteiger partial charge in [-0.1, -0.05) is 42.1 Å². The molecule has 4 heteroatoms. The van der Waals surface area contributed by atoms with Crippen LogP contribution in [0.4, 0.5) is 0 Å². The molecular weight excluding hydrogens is 302 g/mol. The van der Waals surface area contributed by atoms with Crippen LogP contribution in [0, 0.1) is 0 Å². The van der Waals surface area contributed by atoms with E-state index in [1.54, 1.807) is 11.8 Å². The molecule has 0 saturated heterocycles. The van der Waals surface area contributed by atoms with Gasteiger partial charge in [-0.15, -0.1) is 12.4 Å². The zero-order valence-electron chi connectivity index (χ0n) is 12.2. The first-order chi connectivity index (χ1) is 9.90. The molecule has 2 rings (SSSR count). The number of ether oxygens (including phenoxy) is 1. The fraction of sp³-hybridized carbons (Fsp3) is 0.294. The average Bonchev–Trinajstić information content (AvgIpc) is 2.50. The van der Waals surface area contributed by atoms with Gasteiger partial charge in [0.05, 0.1) is 11.5 Å². The molecule has 0 aliphatic heterocycles. The van der Waals surface area contributed by atoms with Gasteiger partial charge >= 0.3 is 0 Å². The highest BCUT2D eigenvalue weighted by Crippen LogP contribution is 2.34. The molecule has 0 saturated carbocycles. The Morgan fingerprint density at radius 2 is 1.67 bits per heavy atom. The molecule has 0 spiro atoms. The van der Waals surface area contributed by atoms with E-state index in [1.165, 1.54) is 9.79 Å². The summed E-state index contributed by atoms with van der Waals surface area (Å²) in [6, 6.07) is 18.6. The Morgan fingerprint density at radius 3 is 2.43 bits per heavy atom. The Bertz CT molecular complexity index is 507. The second-order valence-corrected chi connectivity index (χ2v) is 5.64. The molecule has 0 bridgehead atoms. The van der Waals surface area contributed by atoms with Crippen LogP contribution in [0.1, 0.15) is 12.8 Å². The van der Waals surface area contributed by atoms with Crippen LogP contribution in [0.2, 0.25) is 0 Å². The summed E-state index contributed by atoms with van der Waals surface area (Å²) in [5.74, 6) is 0.978. The lowest BCUT2D eigenvalue weighted by Crippen LogP contribution is -2.09. The molecule has 114 valence electrons. The van der Waals surface area contributed by atoms with E-state index in [1.807, 2.05) is 25.2 Å². The number of benzene rings is 2. The van der Waals surface area contributed by atoms with E-state index < -0.39 is 0 Å². The minimum absolute atomic E-state index is 0. The van der Waals surface area contributed by atoms with Gasteiger partial charge in [-0.3, -0.25) is 0 Å². The molecular formula is C17H22ClNOS. The van der Waals surface area contributed by atoms with Gasteiger partial charge in [-0.05, 0) is 50.7 Å². The van der Waals surface area contributed by atoms with Crippen molar-refractivity contribution in [3.8, 4) is 5.75 Å². The van der Waals surface area contributed by atoms with E-state index in [2.05, 4.69) is 41.7 Å². The summed E-state index contributed by atoms with van der Waals surface area (Å²) >= 11 is 1.75. The fourth-order valence-corrected chi connectivity index (χ4v) is 2.78. The van der Waals surface area contributed by atoms with Crippen LogP contribution in [0.15, 0.2) is 64.4 Å². The summed E-state index contributed by atoms with van der Waals surface area (Å²) in [4.78, 5) is 2.41. The van der Waals surface area contributed by atoms with E-state index in [-0.39, 0.29) is 12.4 Å². The highest BCUT2D eigenvalue weighted by Gasteiger charge is 2.04. The van der Waals surface area contributed by atoms with Crippen molar-refractivity contribution in [1.29, 1.82) is 0 Å². The zero-order chi connectivity index (χ0) is 14.0. The third kappa shape index (κ3) is 6.42. The van der Waals surface area contributed by atoms with Crippen molar-refractivity contribution in [2.24, 2.45) is 0 Å². The van der Waals surface area contributed by atoms with Crippen LogP contribution < -0.4 is 10.1 Å². The topological polar surface area (TPSA) is 21.3 Å². The summed E-state index contributed by atoms with van der Waals surface area (Å²) in [5.41, 5.74) is 0. The Labute approximate surface area is 137 Å². The van der Waals surface area contributed by atoms with Crippen LogP contribution in [-0.4, -0.2) is 20.2 Å². The molecule has 0 fully saturated rings. The number of nitrogens with one attached hydrogen (secondary N) is 1. The van der Waals surface area contributed by atoms with Crippen molar-refractivity contribution in [3.05, 3.63) is 54.6 Å². The maximum atomic E-state index is 5.91. The standard InChI is InChI=1S/C17H21NOS.ClH/c1-18-13-7-8-14-19-16-11-5-6-12-17(16)20-15-9-3-2-4-10-15;/h2-6,9-12,18H,7-8,13-14H2,1H3;1H. The molecule has 0 aromatic heterocycles. The van der Waals surface area contributed by atoms with E-state index in [0.717, 1.165) is 31.7 Å². The highest BCUT2D eigenvalue weighted by molar-refractivity contribution is 7.99. The number of halogens is 1. The van der Waals surface area contributed by atoms with Crippen LogP contribution in [0.5, 0.6) is 5.75 Å². The SMILES string of the molecule is CNCCCCOc1ccccc1Sc1ccccc1.Cl. The molecule has 0 unspecified atom stereocenters. The van der Waals surface area contributed by atoms with Gasteiger partial charge < -0.3 is 10.1 Å². The molecule has 0 aliphatic carbocycles. The molecule has 0 amide bonds. The Hall–Kier alpha value is -1.16. The van der Waals surface area contributed by atoms with Crippen LogP contribution >= 0.6 is 24.2 Å². The van der Waals surface area contributed by atoms with Crippen molar-refractivity contribution in [3.63, 3.8) is 0 Å². The van der Waals surface area contributed by atoms with Gasteiger partial charge in [0.15, 0.2) is 0 Å². The first-order valence-electron chi connectivity index (χ1n) is 6.99. The first-order valence-corrected chi connectivity index (χ1v) is 7.81. The first kappa shape index (κ1) is 17.9. The van der Waals surface area contributed by atoms with Gasteiger partial charge in [-0.2, -0.15) is 0 Å². The molecule has 2 nitrogen and oxygen atoms in total. The van der Waals surface area contributed by atoms with Crippen molar-refractivity contribution < 1.29 is 4.74 Å². The molecule has 0 radical (unpaired) electrons. The molecule has 0 aliphatic rings. The summed E-state index contributed by atoms with van der Waals surface area (Å²) in [6.07, 6.45) is 2.22. The quantitative estimate of drug-likeness (QED) is 0.715. The normalized spacial score (nSPS) is 9.95. The summed E-state index contributed by atoms with van der Waals surface area (Å²) in [6.45, 7) is 1.82. The minimum Gasteiger partial charge on any atom is -0.492 e. The summed E-state index contributed by atoms with van der Waals surface area (Å²) in [5, 5.41) is 3.15. The van der Waals surface area contributed by atoms with E-state index in [4.69, 9.17) is 4.74 Å². The highest BCUT2D eigenvalue weighted by atomic mass is 35.5. The van der Waals surface area contributed by atoms with Gasteiger partial charge in [0.25, 0.3) is 0 Å². The molecule has 21 heavy (non-hydrogen) atoms. The molecule has 2 aromatic rings. The fourth-order valence-electron chi connectivity index (χ4n) is 1.86. The number of rotatable bonds is 8. The van der Waals surface area contributed by atoms with Gasteiger partial charge in [0, 0.05) is 4.90 Å². The van der Waals surface area contributed by atoms with Gasteiger partial charge in [0.2, 0.25) is 0 Å². The number of hydrogen-bond acceptors (Lipinski definition) is 3. The largest absolute Gasteiger partial charge is 0.492 e. The monoisotopic (exact) mass is 323 g/mol. The van der Waals surface area contributed by atoms with Crippen molar-refractivity contribution in [2.45, 2.75) is 22.6 Å². The third-order valence-electron chi connectivity index (χ3n) is 2.90. The number of hydrogen-bond donors (Lipinski definition) is 1. The van der Waals surface area contributed by atoms with Gasteiger partial charge in [-0.25, -0.2) is 0 Å². The smallest absolute Gasteiger partial charge is 0.133 e. The van der Waals surface area contributed by atoms with E-state index >= 15 is 0 Å². The summed E-state index contributed by atoms with van der Waals surface area (Å²) < 4.78 is 5.91. The maximum absolute atomic E-state index is 5.91. The van der Waals surface area contributed by atoms with Gasteiger partial charge in [0.1, 0.15) is 5.75 Å². The molecule has 2 aromatic carbocycles. The van der Waals surface area contributed by atoms with Crippen molar-refractivity contribution >= 4 is 24.2 Å². The van der Waals surface area contributed by atoms with E-state index in [9.17, 15) is 0 Å². The third-order valence-corrected chi connectivity index (χ3v) is 3.96.